The molecule has 4 nitrogen and oxygen atoms in total. The number of nitrogens with zero attached hydrogens (tertiary/aromatic N) is 3. The normalized spacial score (nSPS) is 18.0. The van der Waals surface area contributed by atoms with Crippen LogP contribution in [0.25, 0.3) is 0 Å². The number of aromatic nitrogens is 2. The molecule has 1 N–H and O–H groups in total. The molecule has 24 heavy (non-hydrogen) atoms. The quantitative estimate of drug-likeness (QED) is 0.866. The molecule has 0 saturated carbocycles. The molecule has 1 fully saturated rings. The van der Waals surface area contributed by atoms with E-state index in [1.165, 1.54) is 24.3 Å². The van der Waals surface area contributed by atoms with Crippen molar-refractivity contribution in [3.8, 4) is 0 Å². The fourth-order valence-corrected chi connectivity index (χ4v) is 2.64. The fraction of sp³-hybridized carbons (Fsp3) is 0.333. The van der Waals surface area contributed by atoms with E-state index < -0.39 is 23.5 Å². The van der Waals surface area contributed by atoms with Gasteiger partial charge in [0.15, 0.2) is 5.69 Å². The predicted molar refractivity (Wildman–Crippen MR) is 77.6 cm³/mol. The standard InChI is InChI=1S/C15H13F5N4/c16-10-2-1-3-11(17)14(10)24-7-6-9(8-24)21-13-5-4-12(22-23-13)15(18,19)20/h1-5,9H,6-8H2,(H,21,23). The van der Waals surface area contributed by atoms with Crippen LogP contribution in [0.5, 0.6) is 0 Å². The average molecular weight is 344 g/mol. The summed E-state index contributed by atoms with van der Waals surface area (Å²) >= 11 is 0. The van der Waals surface area contributed by atoms with E-state index >= 15 is 0 Å². The third-order valence-corrected chi connectivity index (χ3v) is 3.75. The van der Waals surface area contributed by atoms with E-state index in [4.69, 9.17) is 0 Å². The van der Waals surface area contributed by atoms with Crippen LogP contribution >= 0.6 is 0 Å². The van der Waals surface area contributed by atoms with Crippen LogP contribution in [0.15, 0.2) is 30.3 Å². The summed E-state index contributed by atoms with van der Waals surface area (Å²) in [7, 11) is 0. The molecule has 0 spiro atoms. The molecule has 3 rings (SSSR count). The molecule has 1 aromatic heterocycles. The van der Waals surface area contributed by atoms with E-state index in [0.29, 0.717) is 19.5 Å². The molecule has 1 aromatic carbocycles. The van der Waals surface area contributed by atoms with Crippen molar-refractivity contribution in [1.82, 2.24) is 10.2 Å². The number of rotatable bonds is 3. The second-order valence-electron chi connectivity index (χ2n) is 5.45. The highest BCUT2D eigenvalue weighted by Crippen LogP contribution is 2.29. The molecule has 0 amide bonds. The lowest BCUT2D eigenvalue weighted by atomic mass is 10.2. The van der Waals surface area contributed by atoms with Gasteiger partial charge in [-0.2, -0.15) is 13.2 Å². The molecule has 1 aliphatic heterocycles. The van der Waals surface area contributed by atoms with Crippen LogP contribution in [0.3, 0.4) is 0 Å². The van der Waals surface area contributed by atoms with Gasteiger partial charge >= 0.3 is 6.18 Å². The predicted octanol–water partition coefficient (Wildman–Crippen LogP) is 3.46. The van der Waals surface area contributed by atoms with Gasteiger partial charge in [-0.15, -0.1) is 10.2 Å². The summed E-state index contributed by atoms with van der Waals surface area (Å²) in [6, 6.07) is 5.47. The maximum absolute atomic E-state index is 13.8. The molecule has 0 aliphatic carbocycles. The summed E-state index contributed by atoms with van der Waals surface area (Å²) in [5, 5.41) is 9.55. The molecule has 1 unspecified atom stereocenters. The molecule has 1 aliphatic rings. The molecule has 2 heterocycles. The minimum atomic E-state index is -4.54. The largest absolute Gasteiger partial charge is 0.435 e. The number of para-hydroxylation sites is 1. The molecule has 0 bridgehead atoms. The highest BCUT2D eigenvalue weighted by atomic mass is 19.4. The highest BCUT2D eigenvalue weighted by molar-refractivity contribution is 5.51. The Morgan fingerprint density at radius 1 is 1.04 bits per heavy atom. The van der Waals surface area contributed by atoms with Gasteiger partial charge in [-0.25, -0.2) is 8.78 Å². The van der Waals surface area contributed by atoms with Crippen molar-refractivity contribution in [3.05, 3.63) is 47.7 Å². The first kappa shape index (κ1) is 16.4. The van der Waals surface area contributed by atoms with Crippen molar-refractivity contribution in [1.29, 1.82) is 0 Å². The SMILES string of the molecule is Fc1cccc(F)c1N1CCC(Nc2ccc(C(F)(F)F)nn2)C1. The van der Waals surface area contributed by atoms with Crippen molar-refractivity contribution < 1.29 is 22.0 Å². The van der Waals surface area contributed by atoms with Gasteiger partial charge in [0.1, 0.15) is 23.1 Å². The van der Waals surface area contributed by atoms with Crippen LogP contribution in [0, 0.1) is 11.6 Å². The summed E-state index contributed by atoms with van der Waals surface area (Å²) in [5.41, 5.74) is -1.17. The second kappa shape index (κ2) is 6.21. The third kappa shape index (κ3) is 3.39. The average Bonchev–Trinajstić information content (AvgIpc) is 2.95. The Morgan fingerprint density at radius 2 is 1.75 bits per heavy atom. The summed E-state index contributed by atoms with van der Waals surface area (Å²) in [4.78, 5) is 1.56. The van der Waals surface area contributed by atoms with Crippen LogP contribution in [0.1, 0.15) is 12.1 Å². The van der Waals surface area contributed by atoms with Gasteiger partial charge in [0.2, 0.25) is 0 Å². The van der Waals surface area contributed by atoms with Gasteiger partial charge < -0.3 is 10.2 Å². The van der Waals surface area contributed by atoms with Crippen molar-refractivity contribution in [2.45, 2.75) is 18.6 Å². The summed E-state index contributed by atoms with van der Waals surface area (Å²) in [5.74, 6) is -1.11. The second-order valence-corrected chi connectivity index (χ2v) is 5.45. The van der Waals surface area contributed by atoms with Crippen molar-refractivity contribution in [2.24, 2.45) is 0 Å². The first-order valence-corrected chi connectivity index (χ1v) is 7.21. The maximum atomic E-state index is 13.8. The van der Waals surface area contributed by atoms with Gasteiger partial charge in [0.25, 0.3) is 0 Å². The first-order chi connectivity index (χ1) is 11.3. The molecule has 128 valence electrons. The summed E-state index contributed by atoms with van der Waals surface area (Å²) in [6.07, 6.45) is -3.98. The zero-order chi connectivity index (χ0) is 17.3. The Labute approximate surface area is 134 Å². The molecule has 1 atom stereocenters. The van der Waals surface area contributed by atoms with Gasteiger partial charge in [0.05, 0.1) is 0 Å². The molecule has 0 radical (unpaired) electrons. The van der Waals surface area contributed by atoms with Crippen molar-refractivity contribution in [2.75, 3.05) is 23.3 Å². The number of hydrogen-bond donors (Lipinski definition) is 1. The number of halogens is 5. The van der Waals surface area contributed by atoms with Crippen LogP contribution in [-0.2, 0) is 6.18 Å². The van der Waals surface area contributed by atoms with Gasteiger partial charge in [-0.1, -0.05) is 6.07 Å². The smallest absolute Gasteiger partial charge is 0.365 e. The molecule has 9 heteroatoms. The van der Waals surface area contributed by atoms with E-state index in [9.17, 15) is 22.0 Å². The van der Waals surface area contributed by atoms with Crippen LogP contribution in [0.2, 0.25) is 0 Å². The summed E-state index contributed by atoms with van der Waals surface area (Å²) in [6.45, 7) is 0.726. The van der Waals surface area contributed by atoms with Crippen LogP contribution in [0.4, 0.5) is 33.5 Å². The lowest BCUT2D eigenvalue weighted by Gasteiger charge is -2.20. The zero-order valence-corrected chi connectivity index (χ0v) is 12.3. The third-order valence-electron chi connectivity index (χ3n) is 3.75. The van der Waals surface area contributed by atoms with E-state index in [0.717, 1.165) is 6.07 Å². The molecular formula is C15H13F5N4. The van der Waals surface area contributed by atoms with Gasteiger partial charge in [-0.3, -0.25) is 0 Å². The lowest BCUT2D eigenvalue weighted by Crippen LogP contribution is -2.27. The summed E-state index contributed by atoms with van der Waals surface area (Å²) < 4.78 is 64.9. The zero-order valence-electron chi connectivity index (χ0n) is 12.3. The van der Waals surface area contributed by atoms with Crippen molar-refractivity contribution >= 4 is 11.5 Å². The van der Waals surface area contributed by atoms with E-state index in [-0.39, 0.29) is 17.5 Å². The Hall–Kier alpha value is -2.45. The van der Waals surface area contributed by atoms with E-state index in [1.54, 1.807) is 4.90 Å². The van der Waals surface area contributed by atoms with Crippen LogP contribution < -0.4 is 10.2 Å². The lowest BCUT2D eigenvalue weighted by molar-refractivity contribution is -0.141. The Morgan fingerprint density at radius 3 is 2.33 bits per heavy atom. The Balaban J connectivity index is 1.66. The Kier molecular flexibility index (Phi) is 4.25. The topological polar surface area (TPSA) is 41.0 Å². The van der Waals surface area contributed by atoms with Crippen molar-refractivity contribution in [3.63, 3.8) is 0 Å². The van der Waals surface area contributed by atoms with Gasteiger partial charge in [0, 0.05) is 19.1 Å². The molecule has 2 aromatic rings. The van der Waals surface area contributed by atoms with E-state index in [1.807, 2.05) is 0 Å². The highest BCUT2D eigenvalue weighted by Gasteiger charge is 2.33. The maximum Gasteiger partial charge on any atom is 0.435 e. The monoisotopic (exact) mass is 344 g/mol. The number of hydrogen-bond acceptors (Lipinski definition) is 4. The van der Waals surface area contributed by atoms with Crippen LogP contribution in [-0.4, -0.2) is 29.3 Å². The Bertz CT molecular complexity index is 697. The number of alkyl halides is 3. The minimum absolute atomic E-state index is 0.0969. The number of benzene rings is 1. The molecular weight excluding hydrogens is 331 g/mol. The minimum Gasteiger partial charge on any atom is -0.365 e. The fourth-order valence-electron chi connectivity index (χ4n) is 2.64. The molecule has 1 saturated heterocycles. The van der Waals surface area contributed by atoms with E-state index in [2.05, 4.69) is 15.5 Å². The number of anilines is 2. The first-order valence-electron chi connectivity index (χ1n) is 7.21. The number of nitrogens with one attached hydrogen (secondary N) is 1. The van der Waals surface area contributed by atoms with Gasteiger partial charge in [-0.05, 0) is 30.7 Å².